The van der Waals surface area contributed by atoms with Crippen molar-refractivity contribution in [3.63, 3.8) is 0 Å². The molecule has 1 aromatic carbocycles. The molecule has 0 spiro atoms. The molecule has 0 saturated carbocycles. The Labute approximate surface area is 185 Å². The Balaban J connectivity index is 0.000000383. The lowest BCUT2D eigenvalue weighted by Gasteiger charge is -2.15. The number of hydrogen-bond donors (Lipinski definition) is 2. The van der Waals surface area contributed by atoms with E-state index in [2.05, 4.69) is 27.2 Å². The monoisotopic (exact) mass is 452 g/mol. The number of aromatic nitrogens is 4. The molecule has 0 aliphatic rings. The van der Waals surface area contributed by atoms with Crippen LogP contribution in [0.5, 0.6) is 0 Å². The van der Waals surface area contributed by atoms with E-state index < -0.39 is 12.1 Å². The van der Waals surface area contributed by atoms with Gasteiger partial charge in [0.2, 0.25) is 0 Å². The zero-order chi connectivity index (χ0) is 24.0. The Hall–Kier alpha value is -4.64. The molecular weight excluding hydrogens is 437 g/mol. The minimum Gasteiger partial charge on any atom is -0.475 e. The third-order valence-electron chi connectivity index (χ3n) is 4.62. The molecule has 0 aliphatic heterocycles. The number of nitriles is 2. The minimum absolute atomic E-state index is 0.245. The van der Waals surface area contributed by atoms with Gasteiger partial charge in [-0.1, -0.05) is 12.1 Å². The Bertz CT molecular complexity index is 1360. The molecule has 3 aromatic heterocycles. The number of pyridine rings is 1. The van der Waals surface area contributed by atoms with Crippen LogP contribution in [0, 0.1) is 22.7 Å². The molecule has 11 heteroatoms. The maximum absolute atomic E-state index is 10.6. The first-order valence-electron chi connectivity index (χ1n) is 9.38. The zero-order valence-corrected chi connectivity index (χ0v) is 16.8. The third kappa shape index (κ3) is 5.35. The predicted molar refractivity (Wildman–Crippen MR) is 111 cm³/mol. The van der Waals surface area contributed by atoms with Gasteiger partial charge in [0.1, 0.15) is 5.65 Å². The van der Waals surface area contributed by atoms with Gasteiger partial charge in [0.05, 0.1) is 36.4 Å². The Morgan fingerprint density at radius 1 is 1.24 bits per heavy atom. The summed E-state index contributed by atoms with van der Waals surface area (Å²) in [6, 6.07) is 15.4. The molecule has 0 bridgehead atoms. The van der Waals surface area contributed by atoms with E-state index in [1.54, 1.807) is 29.2 Å². The van der Waals surface area contributed by atoms with Crippen LogP contribution in [0.1, 0.15) is 23.6 Å². The second-order valence-corrected chi connectivity index (χ2v) is 6.73. The quantitative estimate of drug-likeness (QED) is 0.471. The van der Waals surface area contributed by atoms with E-state index in [4.69, 9.17) is 15.2 Å². The van der Waals surface area contributed by atoms with Gasteiger partial charge in [-0.2, -0.15) is 28.8 Å². The number of carbonyl (C=O) groups is 1. The predicted octanol–water partition coefficient (Wildman–Crippen LogP) is 4.43. The van der Waals surface area contributed by atoms with Gasteiger partial charge in [-0.3, -0.25) is 4.68 Å². The number of rotatable bonds is 4. The van der Waals surface area contributed by atoms with Crippen LogP contribution >= 0.6 is 0 Å². The molecule has 33 heavy (non-hydrogen) atoms. The lowest BCUT2D eigenvalue weighted by Crippen LogP contribution is -2.21. The van der Waals surface area contributed by atoms with E-state index in [9.17, 15) is 18.4 Å². The standard InChI is InChI=1S/C20H14N6.C2HF3O2/c21-7-4-19(15-3-1-2-14(10-15)11-22)26-13-16(12-25-26)17-5-8-23-20-18(17)6-9-24-20;3-2(4,5)1(6)7/h1-3,5-6,8-10,12-13,19H,4H2,(H,23,24);(H,6,7). The van der Waals surface area contributed by atoms with Crippen LogP contribution in [0.25, 0.3) is 22.2 Å². The Kier molecular flexibility index (Phi) is 6.74. The van der Waals surface area contributed by atoms with Crippen molar-refractivity contribution in [3.8, 4) is 23.3 Å². The highest BCUT2D eigenvalue weighted by Gasteiger charge is 2.38. The first-order valence-corrected chi connectivity index (χ1v) is 9.38. The van der Waals surface area contributed by atoms with Crippen molar-refractivity contribution in [2.45, 2.75) is 18.6 Å². The van der Waals surface area contributed by atoms with Crippen molar-refractivity contribution < 1.29 is 23.1 Å². The lowest BCUT2D eigenvalue weighted by molar-refractivity contribution is -0.192. The molecule has 4 rings (SSSR count). The highest BCUT2D eigenvalue weighted by molar-refractivity contribution is 5.92. The smallest absolute Gasteiger partial charge is 0.475 e. The number of hydrogen-bond acceptors (Lipinski definition) is 5. The molecule has 0 fully saturated rings. The number of halogens is 3. The first kappa shape index (κ1) is 23.0. The molecule has 8 nitrogen and oxygen atoms in total. The van der Waals surface area contributed by atoms with Gasteiger partial charge >= 0.3 is 12.1 Å². The Morgan fingerprint density at radius 2 is 2.00 bits per heavy atom. The molecule has 0 amide bonds. The summed E-state index contributed by atoms with van der Waals surface area (Å²) >= 11 is 0. The average Bonchev–Trinajstić information content (AvgIpc) is 3.47. The SMILES string of the molecule is N#CCC(c1cccc(C#N)c1)n1cc(-c2ccnc3[nH]ccc23)cn1.O=C(O)C(F)(F)F. The second-order valence-electron chi connectivity index (χ2n) is 6.73. The molecule has 3 heterocycles. The number of nitrogens with one attached hydrogen (secondary N) is 1. The van der Waals surface area contributed by atoms with E-state index >= 15 is 0 Å². The lowest BCUT2D eigenvalue weighted by atomic mass is 10.0. The molecule has 166 valence electrons. The van der Waals surface area contributed by atoms with Gasteiger partial charge in [0.25, 0.3) is 0 Å². The van der Waals surface area contributed by atoms with Crippen molar-refractivity contribution in [2.75, 3.05) is 0 Å². The van der Waals surface area contributed by atoms with Crippen LogP contribution in [0.4, 0.5) is 13.2 Å². The molecule has 2 N–H and O–H groups in total. The van der Waals surface area contributed by atoms with Crippen molar-refractivity contribution in [1.29, 1.82) is 10.5 Å². The number of alkyl halides is 3. The summed E-state index contributed by atoms with van der Waals surface area (Å²) in [4.78, 5) is 16.3. The van der Waals surface area contributed by atoms with E-state index in [0.29, 0.717) is 5.56 Å². The first-order chi connectivity index (χ1) is 15.7. The van der Waals surface area contributed by atoms with E-state index in [-0.39, 0.29) is 12.5 Å². The maximum atomic E-state index is 10.6. The van der Waals surface area contributed by atoms with Crippen molar-refractivity contribution in [1.82, 2.24) is 19.7 Å². The van der Waals surface area contributed by atoms with Crippen LogP contribution in [0.2, 0.25) is 0 Å². The highest BCUT2D eigenvalue weighted by atomic mass is 19.4. The van der Waals surface area contributed by atoms with Crippen LogP contribution in [-0.4, -0.2) is 37.0 Å². The van der Waals surface area contributed by atoms with Crippen LogP contribution < -0.4 is 0 Å². The fourth-order valence-electron chi connectivity index (χ4n) is 3.13. The molecule has 0 saturated heterocycles. The topological polar surface area (TPSA) is 131 Å². The Morgan fingerprint density at radius 3 is 2.67 bits per heavy atom. The van der Waals surface area contributed by atoms with E-state index in [1.807, 2.05) is 36.7 Å². The summed E-state index contributed by atoms with van der Waals surface area (Å²) in [5.41, 5.74) is 4.27. The number of benzene rings is 1. The van der Waals surface area contributed by atoms with E-state index in [1.165, 1.54) is 0 Å². The molecule has 0 radical (unpaired) electrons. The number of H-pyrrole nitrogens is 1. The number of carboxylic acids is 1. The van der Waals surface area contributed by atoms with Crippen molar-refractivity contribution in [2.24, 2.45) is 0 Å². The average molecular weight is 452 g/mol. The van der Waals surface area contributed by atoms with Crippen LogP contribution in [-0.2, 0) is 4.79 Å². The normalized spacial score (nSPS) is 11.7. The summed E-state index contributed by atoms with van der Waals surface area (Å²) < 4.78 is 33.5. The number of aromatic amines is 1. The summed E-state index contributed by atoms with van der Waals surface area (Å²) in [6.07, 6.45) is 2.53. The van der Waals surface area contributed by atoms with E-state index in [0.717, 1.165) is 27.7 Å². The van der Waals surface area contributed by atoms with Gasteiger partial charge in [-0.15, -0.1) is 0 Å². The minimum atomic E-state index is -5.08. The van der Waals surface area contributed by atoms with Crippen molar-refractivity contribution >= 4 is 17.0 Å². The number of aliphatic carboxylic acids is 1. The largest absolute Gasteiger partial charge is 0.490 e. The van der Waals surface area contributed by atoms with Crippen molar-refractivity contribution in [3.05, 3.63) is 72.3 Å². The molecular formula is C22H15F3N6O2. The fourth-order valence-corrected chi connectivity index (χ4v) is 3.13. The third-order valence-corrected chi connectivity index (χ3v) is 4.62. The van der Waals surface area contributed by atoms with Gasteiger partial charge in [-0.25, -0.2) is 9.78 Å². The van der Waals surface area contributed by atoms with Gasteiger partial charge in [0.15, 0.2) is 0 Å². The highest BCUT2D eigenvalue weighted by Crippen LogP contribution is 2.29. The maximum Gasteiger partial charge on any atom is 0.490 e. The summed E-state index contributed by atoms with van der Waals surface area (Å²) in [7, 11) is 0. The van der Waals surface area contributed by atoms with Gasteiger partial charge < -0.3 is 10.1 Å². The summed E-state index contributed by atoms with van der Waals surface area (Å²) in [6.45, 7) is 0. The van der Waals surface area contributed by atoms with Gasteiger partial charge in [-0.05, 0) is 35.4 Å². The molecule has 0 aliphatic carbocycles. The van der Waals surface area contributed by atoms with Crippen LogP contribution in [0.3, 0.4) is 0 Å². The zero-order valence-electron chi connectivity index (χ0n) is 16.8. The number of fused-ring (bicyclic) bond motifs is 1. The molecule has 1 unspecified atom stereocenters. The fraction of sp³-hybridized carbons (Fsp3) is 0.136. The molecule has 4 aromatic rings. The second kappa shape index (κ2) is 9.66. The summed E-state index contributed by atoms with van der Waals surface area (Å²) in [5.74, 6) is -2.76. The van der Waals surface area contributed by atoms with Crippen LogP contribution in [0.15, 0.2) is 61.2 Å². The molecule has 1 atom stereocenters. The summed E-state index contributed by atoms with van der Waals surface area (Å²) in [5, 5.41) is 31.0. The van der Waals surface area contributed by atoms with Gasteiger partial charge in [0, 0.05) is 29.5 Å². The number of nitrogens with zero attached hydrogens (tertiary/aromatic N) is 5. The number of carboxylic acid groups (broad SMARTS) is 1.